The van der Waals surface area contributed by atoms with Crippen LogP contribution in [-0.4, -0.2) is 43.8 Å². The molecule has 0 aliphatic carbocycles. The molecule has 0 saturated heterocycles. The van der Waals surface area contributed by atoms with Crippen LogP contribution >= 0.6 is 0 Å². The summed E-state index contributed by atoms with van der Waals surface area (Å²) in [6, 6.07) is 5.71. The number of carbonyl (C=O) groups excluding carboxylic acids is 1. The van der Waals surface area contributed by atoms with Crippen LogP contribution in [0.4, 0.5) is 4.39 Å². The predicted octanol–water partition coefficient (Wildman–Crippen LogP) is 0.375. The molecule has 1 aromatic heterocycles. The van der Waals surface area contributed by atoms with E-state index in [1.807, 2.05) is 0 Å². The fourth-order valence-electron chi connectivity index (χ4n) is 2.85. The maximum atomic E-state index is 13.0. The predicted molar refractivity (Wildman–Crippen MR) is 85.6 cm³/mol. The molecule has 0 spiro atoms. The Balaban J connectivity index is 1.93. The van der Waals surface area contributed by atoms with Gasteiger partial charge in [-0.3, -0.25) is 9.59 Å². The lowest BCUT2D eigenvalue weighted by Gasteiger charge is -2.31. The van der Waals surface area contributed by atoms with Gasteiger partial charge in [0.1, 0.15) is 11.9 Å². The topological polar surface area (TPSA) is 103 Å². The van der Waals surface area contributed by atoms with Gasteiger partial charge in [-0.2, -0.15) is 0 Å². The molecule has 1 unspecified atom stereocenters. The highest BCUT2D eigenvalue weighted by Crippen LogP contribution is 2.23. The lowest BCUT2D eigenvalue weighted by Crippen LogP contribution is -2.41. The zero-order valence-electron chi connectivity index (χ0n) is 13.2. The van der Waals surface area contributed by atoms with Crippen molar-refractivity contribution in [3.05, 3.63) is 63.3 Å². The number of aliphatic hydroxyl groups is 2. The van der Waals surface area contributed by atoms with Crippen molar-refractivity contribution < 1.29 is 24.5 Å². The number of amides is 1. The van der Waals surface area contributed by atoms with E-state index in [1.165, 1.54) is 27.8 Å². The highest BCUT2D eigenvalue weighted by atomic mass is 19.1. The fourth-order valence-corrected chi connectivity index (χ4v) is 2.85. The lowest BCUT2D eigenvalue weighted by atomic mass is 10.1. The van der Waals surface area contributed by atoms with Gasteiger partial charge in [0.05, 0.1) is 12.2 Å². The Bertz CT molecular complexity index is 863. The molecule has 0 saturated carbocycles. The molecule has 0 fully saturated rings. The minimum absolute atomic E-state index is 0.160. The summed E-state index contributed by atoms with van der Waals surface area (Å²) in [5.74, 6) is -1.66. The molecule has 3 rings (SSSR count). The Morgan fingerprint density at radius 1 is 1.16 bits per heavy atom. The summed E-state index contributed by atoms with van der Waals surface area (Å²) in [4.78, 5) is 26.2. The third-order valence-electron chi connectivity index (χ3n) is 4.20. The van der Waals surface area contributed by atoms with Gasteiger partial charge in [0.15, 0.2) is 11.4 Å². The van der Waals surface area contributed by atoms with Crippen LogP contribution < -0.4 is 5.43 Å². The average molecular weight is 348 g/mol. The van der Waals surface area contributed by atoms with E-state index in [-0.39, 0.29) is 23.6 Å². The van der Waals surface area contributed by atoms with Crippen LogP contribution in [-0.2, 0) is 13.1 Å². The van der Waals surface area contributed by atoms with E-state index < -0.39 is 29.8 Å². The van der Waals surface area contributed by atoms with E-state index in [0.717, 1.165) is 5.56 Å². The number of nitrogens with zero attached hydrogens (tertiary/aromatic N) is 2. The van der Waals surface area contributed by atoms with Gasteiger partial charge in [0.25, 0.3) is 5.91 Å². The normalized spacial score (nSPS) is 15.2. The second-order valence-electron chi connectivity index (χ2n) is 5.86. The van der Waals surface area contributed by atoms with Crippen LogP contribution in [0.5, 0.6) is 5.75 Å². The first-order chi connectivity index (χ1) is 11.9. The number of carbonyl (C=O) groups is 1. The molecule has 8 heteroatoms. The first kappa shape index (κ1) is 17.1. The van der Waals surface area contributed by atoms with E-state index in [0.29, 0.717) is 13.1 Å². The highest BCUT2D eigenvalue weighted by Gasteiger charge is 2.30. The van der Waals surface area contributed by atoms with Crippen molar-refractivity contribution in [1.29, 1.82) is 0 Å². The smallest absolute Gasteiger partial charge is 0.274 e. The number of benzene rings is 1. The monoisotopic (exact) mass is 348 g/mol. The van der Waals surface area contributed by atoms with E-state index in [1.54, 1.807) is 12.1 Å². The van der Waals surface area contributed by atoms with E-state index in [4.69, 9.17) is 5.11 Å². The zero-order valence-corrected chi connectivity index (χ0v) is 13.2. The fraction of sp³-hybridized carbons (Fsp3) is 0.294. The first-order valence-electron chi connectivity index (χ1n) is 7.71. The van der Waals surface area contributed by atoms with Gasteiger partial charge in [-0.05, 0) is 17.7 Å². The summed E-state index contributed by atoms with van der Waals surface area (Å²) >= 11 is 0. The van der Waals surface area contributed by atoms with Crippen LogP contribution in [0.3, 0.4) is 0 Å². The lowest BCUT2D eigenvalue weighted by molar-refractivity contribution is 0.0678. The number of aliphatic hydroxyl groups excluding tert-OH is 2. The molecular formula is C17H17FN2O5. The Kier molecular flexibility index (Phi) is 4.56. The third kappa shape index (κ3) is 3.13. The van der Waals surface area contributed by atoms with Gasteiger partial charge in [0, 0.05) is 25.8 Å². The van der Waals surface area contributed by atoms with Crippen molar-refractivity contribution in [3.8, 4) is 5.75 Å². The third-order valence-corrected chi connectivity index (χ3v) is 4.20. The molecule has 132 valence electrons. The van der Waals surface area contributed by atoms with Crippen molar-refractivity contribution in [3.63, 3.8) is 0 Å². The molecule has 1 atom stereocenters. The molecule has 3 N–H and O–H groups in total. The van der Waals surface area contributed by atoms with E-state index in [2.05, 4.69) is 0 Å². The number of halogens is 1. The van der Waals surface area contributed by atoms with Crippen LogP contribution in [0.1, 0.15) is 27.7 Å². The van der Waals surface area contributed by atoms with Gasteiger partial charge in [-0.25, -0.2) is 4.39 Å². The van der Waals surface area contributed by atoms with E-state index >= 15 is 0 Å². The minimum atomic E-state index is -1.43. The van der Waals surface area contributed by atoms with Gasteiger partial charge >= 0.3 is 0 Å². The molecule has 7 nitrogen and oxygen atoms in total. The minimum Gasteiger partial charge on any atom is -0.503 e. The molecule has 1 aromatic carbocycles. The van der Waals surface area contributed by atoms with Crippen molar-refractivity contribution >= 4 is 5.91 Å². The Labute approximate surface area is 142 Å². The quantitative estimate of drug-likeness (QED) is 0.741. The second-order valence-corrected chi connectivity index (χ2v) is 5.86. The highest BCUT2D eigenvalue weighted by molar-refractivity contribution is 5.95. The largest absolute Gasteiger partial charge is 0.503 e. The molecule has 0 radical (unpaired) electrons. The van der Waals surface area contributed by atoms with Crippen molar-refractivity contribution in [2.75, 3.05) is 13.2 Å². The SMILES string of the molecule is O=C1c2c(O)c(=O)c(C(O)CO)cn2CCN1Cc1ccc(F)cc1. The Morgan fingerprint density at radius 2 is 1.84 bits per heavy atom. The molecular weight excluding hydrogens is 331 g/mol. The molecule has 2 heterocycles. The van der Waals surface area contributed by atoms with Crippen LogP contribution in [0.15, 0.2) is 35.3 Å². The van der Waals surface area contributed by atoms with Crippen molar-refractivity contribution in [2.45, 2.75) is 19.2 Å². The number of pyridine rings is 1. The van der Waals surface area contributed by atoms with Crippen molar-refractivity contribution in [1.82, 2.24) is 9.47 Å². The molecule has 25 heavy (non-hydrogen) atoms. The molecule has 1 aliphatic rings. The second kappa shape index (κ2) is 6.66. The number of fused-ring (bicyclic) bond motifs is 1. The zero-order chi connectivity index (χ0) is 18.1. The van der Waals surface area contributed by atoms with E-state index in [9.17, 15) is 24.2 Å². The van der Waals surface area contributed by atoms with Gasteiger partial charge in [-0.1, -0.05) is 12.1 Å². The molecule has 0 bridgehead atoms. The number of hydrogen-bond acceptors (Lipinski definition) is 5. The van der Waals surface area contributed by atoms with Crippen molar-refractivity contribution in [2.24, 2.45) is 0 Å². The van der Waals surface area contributed by atoms with Gasteiger partial charge in [-0.15, -0.1) is 0 Å². The average Bonchev–Trinajstić information content (AvgIpc) is 2.61. The van der Waals surface area contributed by atoms with Crippen LogP contribution in [0, 0.1) is 5.82 Å². The number of hydrogen-bond donors (Lipinski definition) is 3. The molecule has 1 amide bonds. The Morgan fingerprint density at radius 3 is 2.48 bits per heavy atom. The first-order valence-corrected chi connectivity index (χ1v) is 7.71. The maximum absolute atomic E-state index is 13.0. The molecule has 1 aliphatic heterocycles. The van der Waals surface area contributed by atoms with Gasteiger partial charge in [0.2, 0.25) is 5.43 Å². The molecule has 2 aromatic rings. The Hall–Kier alpha value is -2.71. The number of rotatable bonds is 4. The number of aromatic nitrogens is 1. The van der Waals surface area contributed by atoms with Gasteiger partial charge < -0.3 is 24.8 Å². The summed E-state index contributed by atoms with van der Waals surface area (Å²) in [5, 5.41) is 28.8. The summed E-state index contributed by atoms with van der Waals surface area (Å²) in [7, 11) is 0. The van der Waals surface area contributed by atoms with Crippen LogP contribution in [0.25, 0.3) is 0 Å². The van der Waals surface area contributed by atoms with Crippen LogP contribution in [0.2, 0.25) is 0 Å². The summed E-state index contributed by atoms with van der Waals surface area (Å²) in [5.41, 5.74) is -0.488. The standard InChI is InChI=1S/C17H17FN2O5/c18-11-3-1-10(2-4-11)7-20-6-5-19-8-12(13(22)9-21)15(23)16(24)14(19)17(20)25/h1-4,8,13,21-22,24H,5-7,9H2. The number of aromatic hydroxyl groups is 1. The summed E-state index contributed by atoms with van der Waals surface area (Å²) < 4.78 is 14.4. The maximum Gasteiger partial charge on any atom is 0.274 e. The summed E-state index contributed by atoms with van der Waals surface area (Å²) in [6.07, 6.45) is -0.144. The summed E-state index contributed by atoms with van der Waals surface area (Å²) in [6.45, 7) is 0.174.